The lowest BCUT2D eigenvalue weighted by molar-refractivity contribution is 0.710. The maximum Gasteiger partial charge on any atom is 0.161 e. The van der Waals surface area contributed by atoms with E-state index in [9.17, 15) is 0 Å². The van der Waals surface area contributed by atoms with Crippen LogP contribution in [-0.4, -0.2) is 32.9 Å². The molecule has 2 rings (SSSR count). The zero-order chi connectivity index (χ0) is 13.0. The van der Waals surface area contributed by atoms with Crippen molar-refractivity contribution in [3.05, 3.63) is 10.7 Å². The van der Waals surface area contributed by atoms with Gasteiger partial charge in [-0.15, -0.1) is 15.3 Å². The highest BCUT2D eigenvalue weighted by Gasteiger charge is 2.17. The van der Waals surface area contributed by atoms with Crippen LogP contribution in [0.15, 0.2) is 0 Å². The van der Waals surface area contributed by atoms with Crippen molar-refractivity contribution in [2.45, 2.75) is 33.1 Å². The minimum absolute atomic E-state index is 0.368. The van der Waals surface area contributed by atoms with Gasteiger partial charge in [-0.2, -0.15) is 0 Å². The summed E-state index contributed by atoms with van der Waals surface area (Å²) in [7, 11) is 0. The summed E-state index contributed by atoms with van der Waals surface area (Å²) >= 11 is 3.04. The summed E-state index contributed by atoms with van der Waals surface area (Å²) in [5.41, 5.74) is 1.02. The highest BCUT2D eigenvalue weighted by Crippen LogP contribution is 2.32. The molecule has 98 valence electrons. The van der Waals surface area contributed by atoms with Crippen molar-refractivity contribution in [3.8, 4) is 9.88 Å². The maximum atomic E-state index is 4.25. The quantitative estimate of drug-likeness (QED) is 0.824. The van der Waals surface area contributed by atoms with E-state index in [2.05, 4.69) is 45.9 Å². The van der Waals surface area contributed by atoms with Crippen molar-refractivity contribution in [1.29, 1.82) is 0 Å². The number of nitrogens with one attached hydrogen (secondary N) is 1. The summed E-state index contributed by atoms with van der Waals surface area (Å²) in [5, 5.41) is 17.9. The molecular formula is C11H17N5S2. The van der Waals surface area contributed by atoms with Gasteiger partial charge in [0.15, 0.2) is 5.01 Å². The fourth-order valence-electron chi connectivity index (χ4n) is 1.54. The number of likely N-dealkylation sites (N-methyl/N-ethyl adjacent to an activating group) is 1. The van der Waals surface area contributed by atoms with E-state index >= 15 is 0 Å². The molecule has 2 heterocycles. The van der Waals surface area contributed by atoms with Gasteiger partial charge in [-0.1, -0.05) is 36.6 Å². The standard InChI is InChI=1S/C11H17N5S2/c1-4-12-6-5-8-13-15-11(17-8)10-9(7(2)3)14-16-18-10/h7,12H,4-6H2,1-3H3. The van der Waals surface area contributed by atoms with Gasteiger partial charge < -0.3 is 5.32 Å². The van der Waals surface area contributed by atoms with Crippen LogP contribution in [-0.2, 0) is 6.42 Å². The summed E-state index contributed by atoms with van der Waals surface area (Å²) in [5.74, 6) is 0.368. The van der Waals surface area contributed by atoms with Gasteiger partial charge in [0.25, 0.3) is 0 Å². The molecule has 0 unspecified atom stereocenters. The fraction of sp³-hybridized carbons (Fsp3) is 0.636. The average Bonchev–Trinajstić information content (AvgIpc) is 2.96. The van der Waals surface area contributed by atoms with E-state index in [0.717, 1.165) is 40.1 Å². The van der Waals surface area contributed by atoms with Crippen LogP contribution in [0.4, 0.5) is 0 Å². The molecule has 0 spiro atoms. The normalized spacial score (nSPS) is 11.3. The van der Waals surface area contributed by atoms with Crippen LogP contribution >= 0.6 is 22.9 Å². The second-order valence-electron chi connectivity index (χ2n) is 4.25. The third-order valence-electron chi connectivity index (χ3n) is 2.49. The zero-order valence-electron chi connectivity index (χ0n) is 10.8. The average molecular weight is 283 g/mol. The van der Waals surface area contributed by atoms with Crippen molar-refractivity contribution in [1.82, 2.24) is 25.1 Å². The Hall–Kier alpha value is -0.920. The first kappa shape index (κ1) is 13.5. The first-order chi connectivity index (χ1) is 8.72. The van der Waals surface area contributed by atoms with Crippen molar-refractivity contribution in [2.75, 3.05) is 13.1 Å². The van der Waals surface area contributed by atoms with Gasteiger partial charge in [0.2, 0.25) is 0 Å². The molecule has 5 nitrogen and oxygen atoms in total. The number of aromatic nitrogens is 4. The van der Waals surface area contributed by atoms with Gasteiger partial charge in [0.05, 0.1) is 5.69 Å². The number of hydrogen-bond acceptors (Lipinski definition) is 7. The predicted octanol–water partition coefficient (Wildman–Crippen LogP) is 2.33. The van der Waals surface area contributed by atoms with E-state index in [1.165, 1.54) is 11.5 Å². The second kappa shape index (κ2) is 6.31. The Kier molecular flexibility index (Phi) is 4.73. The SMILES string of the molecule is CCNCCc1nnc(-c2snnc2C(C)C)s1. The summed E-state index contributed by atoms with van der Waals surface area (Å²) in [6.07, 6.45) is 0.925. The molecule has 2 aromatic heterocycles. The molecule has 0 fully saturated rings. The first-order valence-corrected chi connectivity index (χ1v) is 7.67. The Bertz CT molecular complexity index is 491. The first-order valence-electron chi connectivity index (χ1n) is 6.08. The Morgan fingerprint density at radius 3 is 2.78 bits per heavy atom. The molecular weight excluding hydrogens is 266 g/mol. The lowest BCUT2D eigenvalue weighted by Gasteiger charge is -1.99. The topological polar surface area (TPSA) is 63.6 Å². The van der Waals surface area contributed by atoms with Gasteiger partial charge in [0.1, 0.15) is 9.88 Å². The third-order valence-corrected chi connectivity index (χ3v) is 4.37. The van der Waals surface area contributed by atoms with Crippen LogP contribution in [0.25, 0.3) is 9.88 Å². The molecule has 0 bridgehead atoms. The Morgan fingerprint density at radius 2 is 2.06 bits per heavy atom. The number of nitrogens with zero attached hydrogens (tertiary/aromatic N) is 4. The van der Waals surface area contributed by atoms with Gasteiger partial charge in [-0.25, -0.2) is 0 Å². The molecule has 0 aliphatic heterocycles. The molecule has 0 radical (unpaired) electrons. The minimum atomic E-state index is 0.368. The van der Waals surface area contributed by atoms with Crippen molar-refractivity contribution in [2.24, 2.45) is 0 Å². The summed E-state index contributed by atoms with van der Waals surface area (Å²) in [6.45, 7) is 8.27. The highest BCUT2D eigenvalue weighted by atomic mass is 32.1. The van der Waals surface area contributed by atoms with Gasteiger partial charge in [-0.3, -0.25) is 0 Å². The van der Waals surface area contributed by atoms with Crippen LogP contribution in [0.2, 0.25) is 0 Å². The Balaban J connectivity index is 2.11. The van der Waals surface area contributed by atoms with Crippen molar-refractivity contribution >= 4 is 22.9 Å². The molecule has 1 N–H and O–H groups in total. The minimum Gasteiger partial charge on any atom is -0.317 e. The predicted molar refractivity (Wildman–Crippen MR) is 75.1 cm³/mol. The molecule has 7 heteroatoms. The molecule has 0 saturated carbocycles. The smallest absolute Gasteiger partial charge is 0.161 e. The monoisotopic (exact) mass is 283 g/mol. The van der Waals surface area contributed by atoms with Crippen LogP contribution in [0.3, 0.4) is 0 Å². The van der Waals surface area contributed by atoms with E-state index in [1.54, 1.807) is 11.3 Å². The lowest BCUT2D eigenvalue weighted by atomic mass is 10.1. The van der Waals surface area contributed by atoms with Crippen molar-refractivity contribution < 1.29 is 0 Å². The highest BCUT2D eigenvalue weighted by molar-refractivity contribution is 7.19. The third kappa shape index (κ3) is 3.09. The maximum absolute atomic E-state index is 4.25. The molecule has 18 heavy (non-hydrogen) atoms. The van der Waals surface area contributed by atoms with Crippen LogP contribution < -0.4 is 5.32 Å². The molecule has 0 aromatic carbocycles. The summed E-state index contributed by atoms with van der Waals surface area (Å²) in [6, 6.07) is 0. The van der Waals surface area contributed by atoms with Gasteiger partial charge in [0, 0.05) is 13.0 Å². The van der Waals surface area contributed by atoms with Crippen LogP contribution in [0.5, 0.6) is 0 Å². The molecule has 0 saturated heterocycles. The molecule has 2 aromatic rings. The summed E-state index contributed by atoms with van der Waals surface area (Å²) in [4.78, 5) is 1.07. The van der Waals surface area contributed by atoms with Crippen LogP contribution in [0.1, 0.15) is 37.4 Å². The van der Waals surface area contributed by atoms with Gasteiger partial charge >= 0.3 is 0 Å². The molecule has 0 atom stereocenters. The molecule has 0 aliphatic rings. The van der Waals surface area contributed by atoms with Crippen molar-refractivity contribution in [3.63, 3.8) is 0 Å². The number of hydrogen-bond donors (Lipinski definition) is 1. The largest absolute Gasteiger partial charge is 0.317 e. The van der Waals surface area contributed by atoms with Crippen LogP contribution in [0, 0.1) is 0 Å². The van der Waals surface area contributed by atoms with E-state index in [-0.39, 0.29) is 0 Å². The van der Waals surface area contributed by atoms with E-state index in [4.69, 9.17) is 0 Å². The summed E-state index contributed by atoms with van der Waals surface area (Å²) < 4.78 is 4.02. The van der Waals surface area contributed by atoms with Gasteiger partial charge in [-0.05, 0) is 24.0 Å². The Labute approximate surface area is 115 Å². The fourth-order valence-corrected chi connectivity index (χ4v) is 3.27. The van der Waals surface area contributed by atoms with E-state index < -0.39 is 0 Å². The molecule has 0 amide bonds. The van der Waals surface area contributed by atoms with E-state index in [1.807, 2.05) is 0 Å². The van der Waals surface area contributed by atoms with E-state index in [0.29, 0.717) is 5.92 Å². The zero-order valence-corrected chi connectivity index (χ0v) is 12.4. The number of rotatable bonds is 6. The Morgan fingerprint density at radius 1 is 1.22 bits per heavy atom. The lowest BCUT2D eigenvalue weighted by Crippen LogP contribution is -2.15. The molecule has 0 aliphatic carbocycles. The second-order valence-corrected chi connectivity index (χ2v) is 6.06.